The molecule has 0 unspecified atom stereocenters. The molecule has 2 aromatic heterocycles. The number of rotatable bonds is 6. The van der Waals surface area contributed by atoms with Gasteiger partial charge in [-0.3, -0.25) is 4.98 Å². The highest BCUT2D eigenvalue weighted by atomic mass is 16.3. The molecule has 3 heteroatoms. The van der Waals surface area contributed by atoms with E-state index < -0.39 is 0 Å². The number of aromatic nitrogens is 1. The lowest BCUT2D eigenvalue weighted by Crippen LogP contribution is -2.11. The van der Waals surface area contributed by atoms with E-state index in [0.29, 0.717) is 0 Å². The van der Waals surface area contributed by atoms with Gasteiger partial charge in [0, 0.05) is 28.2 Å². The Kier molecular flexibility index (Phi) is 6.80. The molecule has 0 N–H and O–H groups in total. The first-order valence-electron chi connectivity index (χ1n) is 16.2. The first-order valence-corrected chi connectivity index (χ1v) is 16.2. The number of anilines is 3. The van der Waals surface area contributed by atoms with Crippen molar-refractivity contribution >= 4 is 49.9 Å². The molecule has 226 valence electrons. The minimum absolute atomic E-state index is 0.811. The standard InChI is InChI=1S/C45H30N2O/c1-3-12-31(13-4-1)32-21-23-33(24-22-32)34-25-27-37(28-26-34)47(40-19-9-7-17-38(40)35-14-5-2-6-15-35)41-30-36-16-11-29-46-44(36)43-39-18-8-10-20-42(39)48-45(41)43/h1-30H. The van der Waals surface area contributed by atoms with E-state index in [1.54, 1.807) is 0 Å². The second-order valence-electron chi connectivity index (χ2n) is 12.0. The van der Waals surface area contributed by atoms with Gasteiger partial charge in [-0.15, -0.1) is 0 Å². The first-order chi connectivity index (χ1) is 23.8. The average Bonchev–Trinajstić information content (AvgIpc) is 3.57. The Morgan fingerprint density at radius 2 is 1.04 bits per heavy atom. The fourth-order valence-corrected chi connectivity index (χ4v) is 6.81. The maximum absolute atomic E-state index is 6.72. The molecular weight excluding hydrogens is 585 g/mol. The van der Waals surface area contributed by atoms with Crippen LogP contribution < -0.4 is 4.90 Å². The van der Waals surface area contributed by atoms with Crippen LogP contribution in [0.15, 0.2) is 187 Å². The molecule has 9 rings (SSSR count). The summed E-state index contributed by atoms with van der Waals surface area (Å²) < 4.78 is 6.72. The van der Waals surface area contributed by atoms with E-state index >= 15 is 0 Å². The van der Waals surface area contributed by atoms with Gasteiger partial charge in [-0.25, -0.2) is 0 Å². The van der Waals surface area contributed by atoms with Crippen molar-refractivity contribution in [2.45, 2.75) is 0 Å². The summed E-state index contributed by atoms with van der Waals surface area (Å²) in [4.78, 5) is 7.17. The molecule has 9 aromatic rings. The molecule has 0 bridgehead atoms. The zero-order valence-corrected chi connectivity index (χ0v) is 26.1. The van der Waals surface area contributed by atoms with Crippen molar-refractivity contribution in [1.29, 1.82) is 0 Å². The summed E-state index contributed by atoms with van der Waals surface area (Å²) in [6.07, 6.45) is 1.86. The Morgan fingerprint density at radius 3 is 1.77 bits per heavy atom. The van der Waals surface area contributed by atoms with Crippen molar-refractivity contribution in [1.82, 2.24) is 4.98 Å². The van der Waals surface area contributed by atoms with Gasteiger partial charge in [0.05, 0.1) is 22.3 Å². The highest BCUT2D eigenvalue weighted by molar-refractivity contribution is 6.21. The van der Waals surface area contributed by atoms with Crippen LogP contribution in [0.5, 0.6) is 0 Å². The molecular formula is C45H30N2O. The summed E-state index contributed by atoms with van der Waals surface area (Å²) in [6, 6.07) is 61.9. The highest BCUT2D eigenvalue weighted by Crippen LogP contribution is 2.47. The van der Waals surface area contributed by atoms with Gasteiger partial charge < -0.3 is 9.32 Å². The van der Waals surface area contributed by atoms with Crippen molar-refractivity contribution in [2.24, 2.45) is 0 Å². The molecule has 0 atom stereocenters. The Labute approximate surface area is 279 Å². The molecule has 0 radical (unpaired) electrons. The van der Waals surface area contributed by atoms with Gasteiger partial charge in [-0.2, -0.15) is 0 Å². The molecule has 0 spiro atoms. The van der Waals surface area contributed by atoms with Gasteiger partial charge in [0.15, 0.2) is 5.58 Å². The number of nitrogens with zero attached hydrogens (tertiary/aromatic N) is 2. The number of hydrogen-bond acceptors (Lipinski definition) is 3. The summed E-state index contributed by atoms with van der Waals surface area (Å²) in [5.74, 6) is 0. The van der Waals surface area contributed by atoms with E-state index in [1.807, 2.05) is 24.4 Å². The minimum Gasteiger partial charge on any atom is -0.454 e. The van der Waals surface area contributed by atoms with Gasteiger partial charge >= 0.3 is 0 Å². The van der Waals surface area contributed by atoms with Crippen LogP contribution >= 0.6 is 0 Å². The number of benzene rings is 7. The zero-order chi connectivity index (χ0) is 31.9. The third-order valence-electron chi connectivity index (χ3n) is 9.12. The lowest BCUT2D eigenvalue weighted by molar-refractivity contribution is 0.669. The predicted octanol–water partition coefficient (Wildman–Crippen LogP) is 12.6. The van der Waals surface area contributed by atoms with E-state index in [4.69, 9.17) is 9.40 Å². The monoisotopic (exact) mass is 614 g/mol. The van der Waals surface area contributed by atoms with E-state index in [9.17, 15) is 0 Å². The Bertz CT molecular complexity index is 2540. The van der Waals surface area contributed by atoms with Gasteiger partial charge in [0.25, 0.3) is 0 Å². The Morgan fingerprint density at radius 1 is 0.458 bits per heavy atom. The summed E-state index contributed by atoms with van der Waals surface area (Å²) >= 11 is 0. The molecule has 0 saturated carbocycles. The van der Waals surface area contributed by atoms with Crippen LogP contribution in [0.4, 0.5) is 17.1 Å². The van der Waals surface area contributed by atoms with E-state index in [-0.39, 0.29) is 0 Å². The Hall–Kier alpha value is -6.45. The highest BCUT2D eigenvalue weighted by Gasteiger charge is 2.24. The lowest BCUT2D eigenvalue weighted by Gasteiger charge is -2.28. The van der Waals surface area contributed by atoms with Crippen LogP contribution in [0.25, 0.3) is 66.2 Å². The third-order valence-corrected chi connectivity index (χ3v) is 9.12. The van der Waals surface area contributed by atoms with Crippen molar-refractivity contribution < 1.29 is 4.42 Å². The van der Waals surface area contributed by atoms with Crippen molar-refractivity contribution in [3.8, 4) is 33.4 Å². The summed E-state index contributed by atoms with van der Waals surface area (Å²) in [5.41, 5.74) is 12.7. The van der Waals surface area contributed by atoms with Crippen molar-refractivity contribution in [2.75, 3.05) is 4.90 Å². The van der Waals surface area contributed by atoms with Gasteiger partial charge in [0.1, 0.15) is 5.58 Å². The summed E-state index contributed by atoms with van der Waals surface area (Å²) in [5, 5.41) is 3.14. The maximum atomic E-state index is 6.72. The maximum Gasteiger partial charge on any atom is 0.161 e. The number of para-hydroxylation sites is 2. The van der Waals surface area contributed by atoms with Crippen LogP contribution in [0, 0.1) is 0 Å². The van der Waals surface area contributed by atoms with Crippen LogP contribution in [0.2, 0.25) is 0 Å². The first kappa shape index (κ1) is 27.8. The fourth-order valence-electron chi connectivity index (χ4n) is 6.81. The second kappa shape index (κ2) is 11.7. The van der Waals surface area contributed by atoms with Gasteiger partial charge in [-0.1, -0.05) is 140 Å². The predicted molar refractivity (Wildman–Crippen MR) is 200 cm³/mol. The van der Waals surface area contributed by atoms with Crippen molar-refractivity contribution in [3.05, 3.63) is 182 Å². The van der Waals surface area contributed by atoms with Crippen molar-refractivity contribution in [3.63, 3.8) is 0 Å². The average molecular weight is 615 g/mol. The number of pyridine rings is 1. The number of fused-ring (bicyclic) bond motifs is 5. The molecule has 0 aliphatic heterocycles. The molecule has 7 aromatic carbocycles. The summed E-state index contributed by atoms with van der Waals surface area (Å²) in [7, 11) is 0. The molecule has 0 fully saturated rings. The number of hydrogen-bond donors (Lipinski definition) is 0. The SMILES string of the molecule is c1ccc(-c2ccc(-c3ccc(N(c4ccccc4-c4ccccc4)c4cc5cccnc5c5c4oc4ccccc45)cc3)cc2)cc1. The number of furan rings is 1. The van der Waals surface area contributed by atoms with Crippen LogP contribution in [-0.2, 0) is 0 Å². The molecule has 0 amide bonds. The molecule has 3 nitrogen and oxygen atoms in total. The normalized spacial score (nSPS) is 11.3. The van der Waals surface area contributed by atoms with E-state index in [1.165, 1.54) is 16.7 Å². The molecule has 48 heavy (non-hydrogen) atoms. The molecule has 0 saturated heterocycles. The quantitative estimate of drug-likeness (QED) is 0.187. The third kappa shape index (κ3) is 4.81. The van der Waals surface area contributed by atoms with Gasteiger partial charge in [-0.05, 0) is 64.2 Å². The van der Waals surface area contributed by atoms with Crippen LogP contribution in [0.1, 0.15) is 0 Å². The molecule has 2 heterocycles. The van der Waals surface area contributed by atoms with Crippen LogP contribution in [0.3, 0.4) is 0 Å². The smallest absolute Gasteiger partial charge is 0.161 e. The molecule has 0 aliphatic carbocycles. The largest absolute Gasteiger partial charge is 0.454 e. The lowest BCUT2D eigenvalue weighted by atomic mass is 9.99. The summed E-state index contributed by atoms with van der Waals surface area (Å²) in [6.45, 7) is 0. The Balaban J connectivity index is 1.24. The minimum atomic E-state index is 0.811. The van der Waals surface area contributed by atoms with Crippen LogP contribution in [-0.4, -0.2) is 4.98 Å². The van der Waals surface area contributed by atoms with Gasteiger partial charge in [0.2, 0.25) is 0 Å². The fraction of sp³-hybridized carbons (Fsp3) is 0. The zero-order valence-electron chi connectivity index (χ0n) is 26.1. The molecule has 0 aliphatic rings. The second-order valence-corrected chi connectivity index (χ2v) is 12.0. The van der Waals surface area contributed by atoms with E-state index in [2.05, 4.69) is 163 Å². The van der Waals surface area contributed by atoms with E-state index in [0.717, 1.165) is 66.6 Å². The topological polar surface area (TPSA) is 29.3 Å².